The van der Waals surface area contributed by atoms with Gasteiger partial charge in [0.25, 0.3) is 0 Å². The topological polar surface area (TPSA) is 87.9 Å². The van der Waals surface area contributed by atoms with Crippen LogP contribution in [0.4, 0.5) is 0 Å². The summed E-state index contributed by atoms with van der Waals surface area (Å²) in [6.45, 7) is 4.43. The molecule has 0 aromatic rings. The molecule has 0 bridgehead atoms. The molecule has 2 N–H and O–H groups in total. The van der Waals surface area contributed by atoms with Crippen molar-refractivity contribution in [2.75, 3.05) is 7.11 Å². The molecule has 0 saturated carbocycles. The molecular formula is C26H49NO5. The lowest BCUT2D eigenvalue weighted by Crippen LogP contribution is -2.47. The van der Waals surface area contributed by atoms with Gasteiger partial charge < -0.3 is 19.9 Å². The van der Waals surface area contributed by atoms with Gasteiger partial charge in [-0.25, -0.2) is 0 Å². The maximum absolute atomic E-state index is 12.0. The number of nitrogens with two attached hydrogens (primary N) is 1. The van der Waals surface area contributed by atoms with Gasteiger partial charge in [-0.05, 0) is 12.8 Å². The highest BCUT2D eigenvalue weighted by Gasteiger charge is 2.43. The third-order valence-corrected chi connectivity index (χ3v) is 6.49. The Morgan fingerprint density at radius 1 is 0.938 bits per heavy atom. The largest absolute Gasteiger partial charge is 0.461 e. The van der Waals surface area contributed by atoms with Gasteiger partial charge >= 0.3 is 5.97 Å². The molecule has 1 heterocycles. The van der Waals surface area contributed by atoms with E-state index in [2.05, 4.69) is 13.8 Å². The van der Waals surface area contributed by atoms with Gasteiger partial charge in [0.1, 0.15) is 6.10 Å². The van der Waals surface area contributed by atoms with E-state index in [1.807, 2.05) is 0 Å². The Morgan fingerprint density at radius 2 is 1.50 bits per heavy atom. The highest BCUT2D eigenvalue weighted by Crippen LogP contribution is 2.33. The average Bonchev–Trinajstić information content (AvgIpc) is 2.76. The number of carbonyl (C=O) groups is 2. The van der Waals surface area contributed by atoms with E-state index in [0.717, 1.165) is 32.1 Å². The molecule has 1 aliphatic rings. The first-order valence-electron chi connectivity index (χ1n) is 13.2. The van der Waals surface area contributed by atoms with Crippen LogP contribution in [0, 0.1) is 5.92 Å². The van der Waals surface area contributed by atoms with Gasteiger partial charge in [0.15, 0.2) is 6.29 Å². The molecule has 1 saturated heterocycles. The minimum atomic E-state index is -0.644. The first-order valence-corrected chi connectivity index (χ1v) is 13.2. The lowest BCUT2D eigenvalue weighted by Gasteiger charge is -2.38. The summed E-state index contributed by atoms with van der Waals surface area (Å²) in [5.74, 6) is -0.533. The summed E-state index contributed by atoms with van der Waals surface area (Å²) in [7, 11) is 1.53. The fraction of sp³-hybridized carbons (Fsp3) is 0.923. The van der Waals surface area contributed by atoms with Crippen LogP contribution in [0.5, 0.6) is 0 Å². The summed E-state index contributed by atoms with van der Waals surface area (Å²) in [6, 6.07) is 0. The Hall–Kier alpha value is -1.14. The van der Waals surface area contributed by atoms with Crippen LogP contribution in [0.15, 0.2) is 0 Å². The molecule has 188 valence electrons. The van der Waals surface area contributed by atoms with E-state index in [1.54, 1.807) is 0 Å². The fourth-order valence-electron chi connectivity index (χ4n) is 4.45. The molecular weight excluding hydrogens is 406 g/mol. The predicted molar refractivity (Wildman–Crippen MR) is 128 cm³/mol. The number of amides is 1. The van der Waals surface area contributed by atoms with Crippen molar-refractivity contribution in [1.29, 1.82) is 0 Å². The van der Waals surface area contributed by atoms with Crippen LogP contribution in [0.2, 0.25) is 0 Å². The maximum atomic E-state index is 12.0. The van der Waals surface area contributed by atoms with Crippen LogP contribution >= 0.6 is 0 Å². The van der Waals surface area contributed by atoms with Crippen molar-refractivity contribution in [2.24, 2.45) is 11.7 Å². The molecule has 1 amide bonds. The van der Waals surface area contributed by atoms with Crippen molar-refractivity contribution in [3.63, 3.8) is 0 Å². The van der Waals surface area contributed by atoms with Crippen LogP contribution in [0.3, 0.4) is 0 Å². The second-order valence-corrected chi connectivity index (χ2v) is 9.38. The molecule has 4 atom stereocenters. The van der Waals surface area contributed by atoms with Crippen LogP contribution in [0.1, 0.15) is 123 Å². The van der Waals surface area contributed by atoms with Crippen molar-refractivity contribution in [3.8, 4) is 0 Å². The number of ether oxygens (including phenoxy) is 3. The van der Waals surface area contributed by atoms with Gasteiger partial charge in [-0.1, -0.05) is 97.3 Å². The second-order valence-electron chi connectivity index (χ2n) is 9.38. The van der Waals surface area contributed by atoms with Crippen molar-refractivity contribution in [3.05, 3.63) is 0 Å². The molecule has 6 heteroatoms. The number of methoxy groups -OCH3 is 1. The zero-order valence-electron chi connectivity index (χ0n) is 20.9. The Kier molecular flexibility index (Phi) is 16.5. The molecule has 32 heavy (non-hydrogen) atoms. The Bertz CT molecular complexity index is 499. The highest BCUT2D eigenvalue weighted by atomic mass is 16.7. The third-order valence-electron chi connectivity index (χ3n) is 6.49. The zero-order valence-corrected chi connectivity index (χ0v) is 20.9. The normalized spacial score (nSPS) is 19.9. The first kappa shape index (κ1) is 28.9. The molecule has 0 radical (unpaired) electrons. The number of hydrogen-bond acceptors (Lipinski definition) is 5. The quantitative estimate of drug-likeness (QED) is 0.122. The molecule has 1 fully saturated rings. The summed E-state index contributed by atoms with van der Waals surface area (Å²) in [5, 5.41) is 0. The average molecular weight is 456 g/mol. The fourth-order valence-corrected chi connectivity index (χ4v) is 4.45. The summed E-state index contributed by atoms with van der Waals surface area (Å²) >= 11 is 0. The van der Waals surface area contributed by atoms with Crippen LogP contribution in [-0.4, -0.2) is 37.5 Å². The highest BCUT2D eigenvalue weighted by molar-refractivity contribution is 5.78. The van der Waals surface area contributed by atoms with Crippen LogP contribution < -0.4 is 5.73 Å². The maximum Gasteiger partial charge on any atom is 0.313 e. The second kappa shape index (κ2) is 18.3. The third kappa shape index (κ3) is 12.8. The Morgan fingerprint density at radius 3 is 2.03 bits per heavy atom. The van der Waals surface area contributed by atoms with E-state index < -0.39 is 12.2 Å². The lowest BCUT2D eigenvalue weighted by atomic mass is 9.86. The van der Waals surface area contributed by atoms with Crippen molar-refractivity contribution in [2.45, 2.75) is 141 Å². The van der Waals surface area contributed by atoms with Gasteiger partial charge in [0.05, 0.1) is 18.4 Å². The minimum Gasteiger partial charge on any atom is -0.461 e. The molecule has 6 nitrogen and oxygen atoms in total. The smallest absolute Gasteiger partial charge is 0.313 e. The van der Waals surface area contributed by atoms with E-state index in [9.17, 15) is 9.59 Å². The van der Waals surface area contributed by atoms with Gasteiger partial charge in [0, 0.05) is 13.5 Å². The molecule has 1 rings (SSSR count). The molecule has 0 aliphatic carbocycles. The van der Waals surface area contributed by atoms with E-state index in [-0.39, 0.29) is 30.5 Å². The lowest BCUT2D eigenvalue weighted by molar-refractivity contribution is -0.200. The first-order chi connectivity index (χ1) is 15.5. The van der Waals surface area contributed by atoms with Gasteiger partial charge in [-0.3, -0.25) is 9.59 Å². The monoisotopic (exact) mass is 455 g/mol. The SMILES string of the molecule is CCCCCCCCCCC[C@@H](C[C@@H]1OC(=O)[C@H]1CCCCCC)OC(CC(N)=O)OC. The summed E-state index contributed by atoms with van der Waals surface area (Å²) in [5.41, 5.74) is 5.33. The summed E-state index contributed by atoms with van der Waals surface area (Å²) < 4.78 is 16.9. The zero-order chi connectivity index (χ0) is 23.6. The molecule has 1 unspecified atom stereocenters. The van der Waals surface area contributed by atoms with E-state index >= 15 is 0 Å². The van der Waals surface area contributed by atoms with Crippen LogP contribution in [0.25, 0.3) is 0 Å². The number of carbonyl (C=O) groups excluding carboxylic acids is 2. The molecule has 0 aromatic heterocycles. The van der Waals surface area contributed by atoms with Crippen LogP contribution in [-0.2, 0) is 23.8 Å². The van der Waals surface area contributed by atoms with Crippen molar-refractivity contribution < 1.29 is 23.8 Å². The van der Waals surface area contributed by atoms with E-state index in [1.165, 1.54) is 71.3 Å². The Labute approximate surface area is 196 Å². The summed E-state index contributed by atoms with van der Waals surface area (Å²) in [4.78, 5) is 23.3. The van der Waals surface area contributed by atoms with E-state index in [4.69, 9.17) is 19.9 Å². The van der Waals surface area contributed by atoms with Gasteiger partial charge in [-0.15, -0.1) is 0 Å². The number of unbranched alkanes of at least 4 members (excludes halogenated alkanes) is 11. The predicted octanol–water partition coefficient (Wildman–Crippen LogP) is 6.04. The van der Waals surface area contributed by atoms with Crippen molar-refractivity contribution >= 4 is 11.9 Å². The minimum absolute atomic E-state index is 0.0155. The standard InChI is InChI=1S/C26H49NO5/c1-4-6-8-10-11-12-13-14-15-17-21(31-25(30-3)20-24(27)28)19-23-22(26(29)32-23)18-16-9-7-5-2/h21-23,25H,4-20H2,1-3H3,(H2,27,28)/t21-,22-,23-,25?/m0/s1. The van der Waals surface area contributed by atoms with Gasteiger partial charge in [0.2, 0.25) is 5.91 Å². The summed E-state index contributed by atoms with van der Waals surface area (Å²) in [6.07, 6.45) is 17.7. The number of hydrogen-bond donors (Lipinski definition) is 1. The molecule has 0 aromatic carbocycles. The van der Waals surface area contributed by atoms with Gasteiger partial charge in [-0.2, -0.15) is 0 Å². The number of rotatable bonds is 22. The molecule has 1 aliphatic heterocycles. The number of esters is 1. The van der Waals surface area contributed by atoms with Crippen molar-refractivity contribution in [1.82, 2.24) is 0 Å². The Balaban J connectivity index is 2.44. The van der Waals surface area contributed by atoms with E-state index in [0.29, 0.717) is 6.42 Å². The number of primary amides is 1. The number of cyclic esters (lactones) is 1. The molecule has 0 spiro atoms.